The average Bonchev–Trinajstić information content (AvgIpc) is 2.52. The third-order valence-corrected chi connectivity index (χ3v) is 4.05. The third kappa shape index (κ3) is 3.40. The van der Waals surface area contributed by atoms with Crippen molar-refractivity contribution in [2.24, 2.45) is 0 Å². The Hall–Kier alpha value is -1.22. The molecule has 1 aliphatic rings. The van der Waals surface area contributed by atoms with E-state index in [1.54, 1.807) is 0 Å². The lowest BCUT2D eigenvalue weighted by Gasteiger charge is -2.46. The summed E-state index contributed by atoms with van der Waals surface area (Å²) in [6.07, 6.45) is -5.73. The lowest BCUT2D eigenvalue weighted by molar-refractivity contribution is -0.223. The molecule has 124 valence electrons. The van der Waals surface area contributed by atoms with Crippen LogP contribution in [0.2, 0.25) is 0 Å². The van der Waals surface area contributed by atoms with Gasteiger partial charge in [-0.25, -0.2) is 0 Å². The molecular formula is C15H23NO6. The monoisotopic (exact) mass is 313 g/mol. The van der Waals surface area contributed by atoms with Gasteiger partial charge >= 0.3 is 0 Å². The zero-order valence-electron chi connectivity index (χ0n) is 12.4. The molecule has 1 aliphatic heterocycles. The number of ether oxygens (including phenoxy) is 1. The Morgan fingerprint density at radius 3 is 2.36 bits per heavy atom. The SMILES string of the molecule is Cc1ccccc1OCCN1C(O)[C@H](O)[C@@H](O)[C@H](O)[C@H]1CO. The highest BCUT2D eigenvalue weighted by atomic mass is 16.5. The molecular weight excluding hydrogens is 290 g/mol. The number of hydrogen-bond donors (Lipinski definition) is 5. The summed E-state index contributed by atoms with van der Waals surface area (Å²) in [7, 11) is 0. The highest BCUT2D eigenvalue weighted by Crippen LogP contribution is 2.23. The molecule has 1 heterocycles. The second kappa shape index (κ2) is 7.36. The maximum atomic E-state index is 10.0. The molecule has 7 nitrogen and oxygen atoms in total. The number of hydrogen-bond acceptors (Lipinski definition) is 7. The minimum absolute atomic E-state index is 0.182. The van der Waals surface area contributed by atoms with Gasteiger partial charge in [0, 0.05) is 6.54 Å². The van der Waals surface area contributed by atoms with Gasteiger partial charge in [0.1, 0.15) is 36.9 Å². The number of rotatable bonds is 5. The molecule has 0 bridgehead atoms. The summed E-state index contributed by atoms with van der Waals surface area (Å²) in [5, 5.41) is 48.7. The molecule has 0 saturated carbocycles. The van der Waals surface area contributed by atoms with Crippen LogP contribution in [0.1, 0.15) is 5.56 Å². The van der Waals surface area contributed by atoms with Gasteiger partial charge in [-0.15, -0.1) is 0 Å². The van der Waals surface area contributed by atoms with E-state index in [4.69, 9.17) is 4.74 Å². The second-order valence-electron chi connectivity index (χ2n) is 5.49. The van der Waals surface area contributed by atoms with Crippen molar-refractivity contribution in [1.29, 1.82) is 0 Å². The Morgan fingerprint density at radius 1 is 1.05 bits per heavy atom. The van der Waals surface area contributed by atoms with Crippen LogP contribution in [0, 0.1) is 6.92 Å². The molecule has 1 aromatic rings. The maximum absolute atomic E-state index is 10.0. The summed E-state index contributed by atoms with van der Waals surface area (Å²) in [5.41, 5.74) is 0.968. The van der Waals surface area contributed by atoms with E-state index in [2.05, 4.69) is 0 Å². The molecule has 1 fully saturated rings. The molecule has 0 aliphatic carbocycles. The minimum Gasteiger partial charge on any atom is -0.492 e. The third-order valence-electron chi connectivity index (χ3n) is 4.05. The molecule has 1 saturated heterocycles. The summed E-state index contributed by atoms with van der Waals surface area (Å²) in [4.78, 5) is 1.33. The number of piperidine rings is 1. The van der Waals surface area contributed by atoms with Crippen LogP contribution >= 0.6 is 0 Å². The van der Waals surface area contributed by atoms with Crippen molar-refractivity contribution in [2.75, 3.05) is 19.8 Å². The first-order valence-corrected chi connectivity index (χ1v) is 7.24. The second-order valence-corrected chi connectivity index (χ2v) is 5.49. The number of aliphatic hydroxyl groups is 5. The maximum Gasteiger partial charge on any atom is 0.136 e. The molecule has 0 spiro atoms. The van der Waals surface area contributed by atoms with Crippen molar-refractivity contribution in [3.63, 3.8) is 0 Å². The summed E-state index contributed by atoms with van der Waals surface area (Å²) in [6.45, 7) is 1.84. The lowest BCUT2D eigenvalue weighted by Crippen LogP contribution is -2.67. The Labute approximate surface area is 129 Å². The Morgan fingerprint density at radius 2 is 1.73 bits per heavy atom. The van der Waals surface area contributed by atoms with Crippen LogP contribution in [0.25, 0.3) is 0 Å². The lowest BCUT2D eigenvalue weighted by atomic mass is 9.93. The zero-order chi connectivity index (χ0) is 16.3. The van der Waals surface area contributed by atoms with Gasteiger partial charge in [0.2, 0.25) is 0 Å². The first-order chi connectivity index (χ1) is 10.5. The molecule has 2 rings (SSSR count). The van der Waals surface area contributed by atoms with Gasteiger partial charge in [-0.2, -0.15) is 0 Å². The van der Waals surface area contributed by atoms with E-state index in [9.17, 15) is 25.5 Å². The minimum atomic E-state index is -1.50. The predicted molar refractivity (Wildman–Crippen MR) is 78.3 cm³/mol. The average molecular weight is 313 g/mol. The highest BCUT2D eigenvalue weighted by Gasteiger charge is 2.46. The first-order valence-electron chi connectivity index (χ1n) is 7.24. The number of para-hydroxylation sites is 1. The number of aliphatic hydroxyl groups excluding tert-OH is 5. The fourth-order valence-electron chi connectivity index (χ4n) is 2.68. The van der Waals surface area contributed by atoms with Crippen LogP contribution in [-0.4, -0.2) is 80.8 Å². The standard InChI is InChI=1S/C15H23NO6/c1-9-4-2-3-5-11(9)22-7-6-16-10(8-17)12(18)13(19)14(20)15(16)21/h2-5,10,12-15,17-21H,6-8H2,1H3/t10-,12-,13+,14-,15?/m1/s1. The summed E-state index contributed by atoms with van der Waals surface area (Å²) in [5.74, 6) is 0.704. The Balaban J connectivity index is 1.99. The van der Waals surface area contributed by atoms with Crippen molar-refractivity contribution in [2.45, 2.75) is 37.5 Å². The molecule has 5 N–H and O–H groups in total. The largest absolute Gasteiger partial charge is 0.492 e. The molecule has 0 amide bonds. The predicted octanol–water partition coefficient (Wildman–Crippen LogP) is -1.55. The number of likely N-dealkylation sites (tertiary alicyclic amines) is 1. The normalized spacial score (nSPS) is 32.9. The fourth-order valence-corrected chi connectivity index (χ4v) is 2.68. The van der Waals surface area contributed by atoms with E-state index in [1.165, 1.54) is 4.90 Å². The van der Waals surface area contributed by atoms with E-state index in [0.29, 0.717) is 5.75 Å². The number of benzene rings is 1. The quantitative estimate of drug-likeness (QED) is 0.447. The van der Waals surface area contributed by atoms with Crippen molar-refractivity contribution in [3.8, 4) is 5.75 Å². The molecule has 1 aromatic carbocycles. The Kier molecular flexibility index (Phi) is 5.74. The summed E-state index contributed by atoms with van der Waals surface area (Å²) in [6, 6.07) is 6.60. The van der Waals surface area contributed by atoms with Gasteiger partial charge in [0.05, 0.1) is 12.6 Å². The smallest absolute Gasteiger partial charge is 0.136 e. The van der Waals surface area contributed by atoms with Crippen molar-refractivity contribution in [3.05, 3.63) is 29.8 Å². The summed E-state index contributed by atoms with van der Waals surface area (Å²) >= 11 is 0. The molecule has 0 radical (unpaired) electrons. The highest BCUT2D eigenvalue weighted by molar-refractivity contribution is 5.31. The van der Waals surface area contributed by atoms with Crippen molar-refractivity contribution in [1.82, 2.24) is 4.90 Å². The van der Waals surface area contributed by atoms with Gasteiger partial charge < -0.3 is 30.3 Å². The van der Waals surface area contributed by atoms with Gasteiger partial charge in [-0.1, -0.05) is 18.2 Å². The van der Waals surface area contributed by atoms with Gasteiger partial charge in [-0.3, -0.25) is 4.90 Å². The van der Waals surface area contributed by atoms with Gasteiger partial charge in [0.15, 0.2) is 0 Å². The van der Waals surface area contributed by atoms with E-state index >= 15 is 0 Å². The van der Waals surface area contributed by atoms with Crippen LogP contribution < -0.4 is 4.74 Å². The fraction of sp³-hybridized carbons (Fsp3) is 0.600. The van der Waals surface area contributed by atoms with E-state index in [1.807, 2.05) is 31.2 Å². The van der Waals surface area contributed by atoms with Crippen LogP contribution in [0.4, 0.5) is 0 Å². The Bertz CT molecular complexity index is 485. The zero-order valence-corrected chi connectivity index (χ0v) is 12.4. The van der Waals surface area contributed by atoms with Crippen LogP contribution in [0.5, 0.6) is 5.75 Å². The van der Waals surface area contributed by atoms with Gasteiger partial charge in [-0.05, 0) is 18.6 Å². The van der Waals surface area contributed by atoms with Crippen molar-refractivity contribution < 1.29 is 30.3 Å². The number of aryl methyl sites for hydroxylation is 1. The van der Waals surface area contributed by atoms with E-state index in [-0.39, 0.29) is 13.2 Å². The molecule has 22 heavy (non-hydrogen) atoms. The molecule has 7 heteroatoms. The topological polar surface area (TPSA) is 114 Å². The molecule has 0 aromatic heterocycles. The van der Waals surface area contributed by atoms with E-state index < -0.39 is 37.2 Å². The van der Waals surface area contributed by atoms with Crippen LogP contribution in [0.3, 0.4) is 0 Å². The molecule has 1 unspecified atom stereocenters. The van der Waals surface area contributed by atoms with Gasteiger partial charge in [0.25, 0.3) is 0 Å². The number of nitrogens with zero attached hydrogens (tertiary/aromatic N) is 1. The molecule has 5 atom stereocenters. The first kappa shape index (κ1) is 17.1. The van der Waals surface area contributed by atoms with E-state index in [0.717, 1.165) is 5.56 Å². The van der Waals surface area contributed by atoms with Crippen molar-refractivity contribution >= 4 is 0 Å². The van der Waals surface area contributed by atoms with Crippen LogP contribution in [0.15, 0.2) is 24.3 Å². The summed E-state index contributed by atoms with van der Waals surface area (Å²) < 4.78 is 5.62. The van der Waals surface area contributed by atoms with Crippen LogP contribution in [-0.2, 0) is 0 Å².